The summed E-state index contributed by atoms with van der Waals surface area (Å²) in [5.74, 6) is -1.10. The van der Waals surface area contributed by atoms with E-state index in [1.807, 2.05) is 26.8 Å². The topological polar surface area (TPSA) is 105 Å². The zero-order valence-electron chi connectivity index (χ0n) is 24.1. The summed E-state index contributed by atoms with van der Waals surface area (Å²) in [6.07, 6.45) is -0.392. The molecule has 0 saturated carbocycles. The molecule has 0 radical (unpaired) electrons. The van der Waals surface area contributed by atoms with E-state index in [-0.39, 0.29) is 46.1 Å². The lowest BCUT2D eigenvalue weighted by atomic mass is 9.79. The number of hydrogen-bond donors (Lipinski definition) is 2. The van der Waals surface area contributed by atoms with Gasteiger partial charge in [-0.25, -0.2) is 22.3 Å². The molecule has 8 nitrogen and oxygen atoms in total. The summed E-state index contributed by atoms with van der Waals surface area (Å²) >= 11 is 6.08. The van der Waals surface area contributed by atoms with Gasteiger partial charge in [-0.1, -0.05) is 36.7 Å². The van der Waals surface area contributed by atoms with Gasteiger partial charge >= 0.3 is 6.09 Å². The number of carbonyl (C=O) groups excluding carboxylic acids is 2. The highest BCUT2D eigenvalue weighted by Crippen LogP contribution is 2.46. The highest BCUT2D eigenvalue weighted by atomic mass is 35.5. The molecule has 222 valence electrons. The van der Waals surface area contributed by atoms with Crippen molar-refractivity contribution in [2.45, 2.75) is 58.1 Å². The second-order valence-corrected chi connectivity index (χ2v) is 13.5. The number of nitrogens with zero attached hydrogens (tertiary/aromatic N) is 1. The number of aryl methyl sites for hydroxylation is 2. The Balaban J connectivity index is 1.35. The Morgan fingerprint density at radius 1 is 1.12 bits per heavy atom. The third-order valence-corrected chi connectivity index (χ3v) is 10.2. The fraction of sp³-hybridized carbons (Fsp3) is 0.355. The molecule has 2 unspecified atom stereocenters. The lowest BCUT2D eigenvalue weighted by Gasteiger charge is -2.47. The fourth-order valence-corrected chi connectivity index (χ4v) is 7.88. The summed E-state index contributed by atoms with van der Waals surface area (Å²) < 4.78 is 50.1. The average Bonchev–Trinajstić information content (AvgIpc) is 2.92. The number of likely N-dealkylation sites (tertiary alicyclic amines) is 1. The summed E-state index contributed by atoms with van der Waals surface area (Å²) in [6.45, 7) is 9.69. The fourth-order valence-electron chi connectivity index (χ4n) is 6.10. The van der Waals surface area contributed by atoms with E-state index >= 15 is 4.39 Å². The summed E-state index contributed by atoms with van der Waals surface area (Å²) in [5.41, 5.74) is 3.31. The Labute approximate surface area is 250 Å². The average molecular weight is 614 g/mol. The first-order valence-corrected chi connectivity index (χ1v) is 15.5. The van der Waals surface area contributed by atoms with Gasteiger partial charge in [-0.2, -0.15) is 0 Å². The van der Waals surface area contributed by atoms with Gasteiger partial charge in [0.2, 0.25) is 10.0 Å². The van der Waals surface area contributed by atoms with Crippen molar-refractivity contribution in [3.8, 4) is 0 Å². The molecule has 2 amide bonds. The second-order valence-electron chi connectivity index (χ2n) is 11.4. The largest absolute Gasteiger partial charge is 0.436 e. The highest BCUT2D eigenvalue weighted by molar-refractivity contribution is 7.89. The first kappa shape index (κ1) is 30.0. The van der Waals surface area contributed by atoms with Crippen molar-refractivity contribution >= 4 is 39.3 Å². The van der Waals surface area contributed by atoms with E-state index in [2.05, 4.69) is 10.0 Å². The summed E-state index contributed by atoms with van der Waals surface area (Å²) in [7, 11) is -3.78. The molecule has 2 atom stereocenters. The summed E-state index contributed by atoms with van der Waals surface area (Å²) in [5, 5.41) is 2.43. The van der Waals surface area contributed by atoms with Crippen LogP contribution < -0.4 is 10.0 Å². The van der Waals surface area contributed by atoms with Gasteiger partial charge in [0.15, 0.2) is 11.4 Å². The monoisotopic (exact) mass is 613 g/mol. The quantitative estimate of drug-likeness (QED) is 0.360. The van der Waals surface area contributed by atoms with Crippen LogP contribution in [-0.4, -0.2) is 38.4 Å². The Bertz CT molecular complexity index is 1680. The van der Waals surface area contributed by atoms with Crippen molar-refractivity contribution in [2.75, 3.05) is 18.4 Å². The molecule has 2 aliphatic rings. The van der Waals surface area contributed by atoms with Crippen LogP contribution in [0.25, 0.3) is 0 Å². The number of halogens is 2. The number of sulfonamides is 1. The molecule has 11 heteroatoms. The van der Waals surface area contributed by atoms with Crippen LogP contribution in [-0.2, 0) is 26.9 Å². The van der Waals surface area contributed by atoms with Gasteiger partial charge in [0.25, 0.3) is 5.91 Å². The summed E-state index contributed by atoms with van der Waals surface area (Å²) in [4.78, 5) is 27.9. The van der Waals surface area contributed by atoms with E-state index in [0.29, 0.717) is 35.2 Å². The SMILES string of the molecule is Cc1cc(C)c(C)c(S(=O)(=O)NCc2ccc(C(=O)N3CC(C)CC4(C3)OC(=O)Nc3ccc(Cl)c(F)c34)cc2)c1C. The Morgan fingerprint density at radius 2 is 1.76 bits per heavy atom. The van der Waals surface area contributed by atoms with Crippen molar-refractivity contribution < 1.29 is 27.1 Å². The van der Waals surface area contributed by atoms with E-state index < -0.39 is 27.5 Å². The van der Waals surface area contributed by atoms with Crippen molar-refractivity contribution in [1.29, 1.82) is 0 Å². The standard InChI is InChI=1S/C31H33ClFN3O5S/c1-17-13-31(26-25(35-30(38)41-31)11-10-24(32)27(26)33)16-36(15-17)29(37)23-8-6-22(7-9-23)14-34-42(39,40)28-20(4)18(2)12-19(3)21(28)5/h6-12,17,34H,13-16H2,1-5H3,(H,35,38). The van der Waals surface area contributed by atoms with Gasteiger partial charge in [0, 0.05) is 18.7 Å². The number of fused-ring (bicyclic) bond motifs is 2. The third-order valence-electron chi connectivity index (χ3n) is 8.25. The second kappa shape index (κ2) is 11.0. The smallest absolute Gasteiger partial charge is 0.412 e. The number of anilines is 1. The minimum absolute atomic E-state index is 0.0377. The maximum absolute atomic E-state index is 15.3. The van der Waals surface area contributed by atoms with E-state index in [1.165, 1.54) is 12.1 Å². The number of rotatable bonds is 5. The van der Waals surface area contributed by atoms with Gasteiger partial charge in [0.1, 0.15) is 0 Å². The van der Waals surface area contributed by atoms with Crippen LogP contribution in [0.2, 0.25) is 5.02 Å². The van der Waals surface area contributed by atoms with Crippen molar-refractivity contribution in [1.82, 2.24) is 9.62 Å². The molecule has 2 N–H and O–H groups in total. The van der Waals surface area contributed by atoms with Crippen LogP contribution in [0.15, 0.2) is 47.4 Å². The van der Waals surface area contributed by atoms with Gasteiger partial charge < -0.3 is 9.64 Å². The number of nitrogens with one attached hydrogen (secondary N) is 2. The number of piperidine rings is 1. The van der Waals surface area contributed by atoms with Crippen LogP contribution in [0.5, 0.6) is 0 Å². The number of benzene rings is 3. The predicted octanol–water partition coefficient (Wildman–Crippen LogP) is 6.13. The highest BCUT2D eigenvalue weighted by Gasteiger charge is 2.50. The Hall–Kier alpha value is -3.47. The maximum atomic E-state index is 15.3. The van der Waals surface area contributed by atoms with Crippen molar-refractivity contribution in [3.63, 3.8) is 0 Å². The molecular weight excluding hydrogens is 581 g/mol. The lowest BCUT2D eigenvalue weighted by Crippen LogP contribution is -2.55. The molecule has 1 spiro atoms. The lowest BCUT2D eigenvalue weighted by molar-refractivity contribution is -0.0569. The van der Waals surface area contributed by atoms with Gasteiger partial charge in [0.05, 0.1) is 27.7 Å². The molecule has 0 aliphatic carbocycles. The van der Waals surface area contributed by atoms with Crippen LogP contribution >= 0.6 is 11.6 Å². The van der Waals surface area contributed by atoms with Crippen LogP contribution in [0.4, 0.5) is 14.9 Å². The summed E-state index contributed by atoms with van der Waals surface area (Å²) in [6, 6.07) is 11.5. The molecule has 2 heterocycles. The molecular formula is C31H33ClFN3O5S. The molecule has 0 aromatic heterocycles. The molecule has 42 heavy (non-hydrogen) atoms. The van der Waals surface area contributed by atoms with Crippen molar-refractivity contribution in [3.05, 3.63) is 92.2 Å². The number of amides is 2. The zero-order valence-corrected chi connectivity index (χ0v) is 25.7. The minimum Gasteiger partial charge on any atom is -0.436 e. The molecule has 0 bridgehead atoms. The minimum atomic E-state index is -3.78. The van der Waals surface area contributed by atoms with Crippen LogP contribution in [0, 0.1) is 39.4 Å². The molecule has 1 fully saturated rings. The maximum Gasteiger partial charge on any atom is 0.412 e. The molecule has 3 aromatic rings. The molecule has 5 rings (SSSR count). The van der Waals surface area contributed by atoms with Gasteiger partial charge in [-0.05, 0) is 92.1 Å². The number of hydrogen-bond acceptors (Lipinski definition) is 5. The van der Waals surface area contributed by atoms with E-state index in [1.54, 1.807) is 43.0 Å². The normalized spacial score (nSPS) is 20.2. The molecule has 2 aliphatic heterocycles. The molecule has 3 aromatic carbocycles. The van der Waals surface area contributed by atoms with E-state index in [0.717, 1.165) is 11.1 Å². The van der Waals surface area contributed by atoms with E-state index in [9.17, 15) is 18.0 Å². The van der Waals surface area contributed by atoms with Crippen LogP contribution in [0.1, 0.15) is 57.1 Å². The number of ether oxygens (including phenoxy) is 1. The Kier molecular flexibility index (Phi) is 7.85. The van der Waals surface area contributed by atoms with Crippen LogP contribution in [0.3, 0.4) is 0 Å². The predicted molar refractivity (Wildman–Crippen MR) is 159 cm³/mol. The van der Waals surface area contributed by atoms with Gasteiger partial charge in [-0.15, -0.1) is 0 Å². The Morgan fingerprint density at radius 3 is 2.40 bits per heavy atom. The number of carbonyl (C=O) groups is 2. The van der Waals surface area contributed by atoms with Crippen molar-refractivity contribution in [2.24, 2.45) is 5.92 Å². The zero-order chi connectivity index (χ0) is 30.6. The van der Waals surface area contributed by atoms with E-state index in [4.69, 9.17) is 16.3 Å². The first-order chi connectivity index (χ1) is 19.7. The first-order valence-electron chi connectivity index (χ1n) is 13.7. The molecule has 1 saturated heterocycles. The van der Waals surface area contributed by atoms with Gasteiger partial charge in [-0.3, -0.25) is 10.1 Å². The third kappa shape index (κ3) is 5.39.